The molecule has 1 aromatic carbocycles. The molecule has 2 fully saturated rings. The molecule has 1 unspecified atom stereocenters. The Morgan fingerprint density at radius 3 is 2.48 bits per heavy atom. The monoisotopic (exact) mass is 382 g/mol. The lowest BCUT2D eigenvalue weighted by atomic mass is 10.1. The summed E-state index contributed by atoms with van der Waals surface area (Å²) in [6, 6.07) is 7.62. The van der Waals surface area contributed by atoms with E-state index in [1.54, 1.807) is 16.4 Å². The molecule has 0 amide bonds. The van der Waals surface area contributed by atoms with E-state index in [0.717, 1.165) is 50.4 Å². The van der Waals surface area contributed by atoms with Crippen LogP contribution in [0.5, 0.6) is 0 Å². The fraction of sp³-hybridized carbons (Fsp3) is 0.684. The van der Waals surface area contributed by atoms with E-state index in [4.69, 9.17) is 0 Å². The topological polar surface area (TPSA) is 40.6 Å². The lowest BCUT2D eigenvalue weighted by molar-refractivity contribution is 0.243. The third-order valence-electron chi connectivity index (χ3n) is 5.12. The summed E-state index contributed by atoms with van der Waals surface area (Å²) in [6.45, 7) is 5.88. The fourth-order valence-electron chi connectivity index (χ4n) is 3.78. The van der Waals surface area contributed by atoms with Crippen LogP contribution in [0.1, 0.15) is 38.2 Å². The Hall–Kier alpha value is -0.560. The van der Waals surface area contributed by atoms with Crippen molar-refractivity contribution >= 4 is 21.8 Å². The molecule has 2 aliphatic rings. The number of thioether (sulfide) groups is 1. The van der Waals surface area contributed by atoms with Gasteiger partial charge in [-0.1, -0.05) is 25.5 Å². The summed E-state index contributed by atoms with van der Waals surface area (Å²) < 4.78 is 28.4. The minimum Gasteiger partial charge on any atom is -0.302 e. The zero-order valence-corrected chi connectivity index (χ0v) is 16.8. The molecule has 0 saturated carbocycles. The Balaban J connectivity index is 1.80. The van der Waals surface area contributed by atoms with Crippen molar-refractivity contribution in [2.24, 2.45) is 0 Å². The van der Waals surface area contributed by atoms with Crippen LogP contribution in [0.2, 0.25) is 0 Å². The first-order valence-electron chi connectivity index (χ1n) is 9.52. The number of benzene rings is 1. The molecule has 0 radical (unpaired) electrons. The lowest BCUT2D eigenvalue weighted by Gasteiger charge is -2.31. The van der Waals surface area contributed by atoms with Crippen molar-refractivity contribution in [2.75, 3.05) is 37.7 Å². The van der Waals surface area contributed by atoms with Crippen LogP contribution in [0.4, 0.5) is 0 Å². The Morgan fingerprint density at radius 1 is 1.08 bits per heavy atom. The van der Waals surface area contributed by atoms with Crippen molar-refractivity contribution in [3.63, 3.8) is 0 Å². The van der Waals surface area contributed by atoms with Crippen LogP contribution in [-0.2, 0) is 16.4 Å². The average molecular weight is 383 g/mol. The van der Waals surface area contributed by atoms with E-state index in [-0.39, 0.29) is 6.04 Å². The molecular weight excluding hydrogens is 352 g/mol. The summed E-state index contributed by atoms with van der Waals surface area (Å²) in [4.78, 5) is 2.88. The van der Waals surface area contributed by atoms with Gasteiger partial charge in [0.05, 0.1) is 4.90 Å². The standard InChI is InChI=1S/C19H30N2O2S2/c1-2-6-17-7-9-19(10-8-17)25(22,23)21-13-5-14-24-16-18(21)15-20-11-3-4-12-20/h7-10,18H,2-6,11-16H2,1H3. The van der Waals surface area contributed by atoms with E-state index in [0.29, 0.717) is 11.4 Å². The van der Waals surface area contributed by atoms with E-state index in [2.05, 4.69) is 11.8 Å². The van der Waals surface area contributed by atoms with Crippen LogP contribution in [-0.4, -0.2) is 61.3 Å². The second kappa shape index (κ2) is 8.89. The van der Waals surface area contributed by atoms with Gasteiger partial charge in [0.2, 0.25) is 10.0 Å². The van der Waals surface area contributed by atoms with Gasteiger partial charge < -0.3 is 4.90 Å². The van der Waals surface area contributed by atoms with Crippen LogP contribution in [0.15, 0.2) is 29.2 Å². The largest absolute Gasteiger partial charge is 0.302 e. The van der Waals surface area contributed by atoms with Gasteiger partial charge in [-0.2, -0.15) is 16.1 Å². The van der Waals surface area contributed by atoms with Gasteiger partial charge in [-0.15, -0.1) is 0 Å². The molecule has 2 heterocycles. The maximum Gasteiger partial charge on any atom is 0.243 e. The smallest absolute Gasteiger partial charge is 0.243 e. The SMILES string of the molecule is CCCc1ccc(S(=O)(=O)N2CCCSCC2CN2CCCC2)cc1. The van der Waals surface area contributed by atoms with Crippen LogP contribution in [0.3, 0.4) is 0 Å². The Labute approximate surface area is 157 Å². The van der Waals surface area contributed by atoms with Crippen molar-refractivity contribution in [3.8, 4) is 0 Å². The zero-order valence-electron chi connectivity index (χ0n) is 15.2. The third kappa shape index (κ3) is 4.79. The van der Waals surface area contributed by atoms with Gasteiger partial charge in [0.1, 0.15) is 0 Å². The highest BCUT2D eigenvalue weighted by molar-refractivity contribution is 7.99. The molecule has 3 rings (SSSR count). The summed E-state index contributed by atoms with van der Waals surface area (Å²) in [6.07, 6.45) is 5.50. The summed E-state index contributed by atoms with van der Waals surface area (Å²) in [5, 5.41) is 0. The molecule has 6 heteroatoms. The normalized spacial score (nSPS) is 23.6. The van der Waals surface area contributed by atoms with Gasteiger partial charge in [-0.05, 0) is 62.2 Å². The first kappa shape index (κ1) is 19.2. The predicted molar refractivity (Wildman–Crippen MR) is 106 cm³/mol. The maximum atomic E-state index is 13.3. The molecule has 140 valence electrons. The second-order valence-electron chi connectivity index (χ2n) is 7.10. The number of sulfonamides is 1. The van der Waals surface area contributed by atoms with E-state index < -0.39 is 10.0 Å². The first-order valence-corrected chi connectivity index (χ1v) is 12.1. The van der Waals surface area contributed by atoms with Gasteiger partial charge in [0.15, 0.2) is 0 Å². The zero-order chi connectivity index (χ0) is 17.7. The average Bonchev–Trinajstić information content (AvgIpc) is 2.99. The highest BCUT2D eigenvalue weighted by atomic mass is 32.2. The van der Waals surface area contributed by atoms with Crippen LogP contribution >= 0.6 is 11.8 Å². The molecule has 0 aromatic heterocycles. The summed E-state index contributed by atoms with van der Waals surface area (Å²) in [5.41, 5.74) is 1.21. The summed E-state index contributed by atoms with van der Waals surface area (Å²) in [7, 11) is -3.41. The Bertz CT molecular complexity index is 640. The van der Waals surface area contributed by atoms with Gasteiger partial charge in [-0.3, -0.25) is 0 Å². The highest BCUT2D eigenvalue weighted by Crippen LogP contribution is 2.26. The highest BCUT2D eigenvalue weighted by Gasteiger charge is 2.34. The third-order valence-corrected chi connectivity index (χ3v) is 8.28. The molecular formula is C19H30N2O2S2. The molecule has 1 aromatic rings. The number of rotatable bonds is 6. The van der Waals surface area contributed by atoms with E-state index in [9.17, 15) is 8.42 Å². The number of nitrogens with zero attached hydrogens (tertiary/aromatic N) is 2. The van der Waals surface area contributed by atoms with Crippen LogP contribution < -0.4 is 0 Å². The molecule has 25 heavy (non-hydrogen) atoms. The minimum atomic E-state index is -3.41. The summed E-state index contributed by atoms with van der Waals surface area (Å²) in [5.74, 6) is 1.96. The van der Waals surface area contributed by atoms with Gasteiger partial charge in [0, 0.05) is 24.9 Å². The minimum absolute atomic E-state index is 0.0888. The Morgan fingerprint density at radius 2 is 1.80 bits per heavy atom. The fourth-order valence-corrected chi connectivity index (χ4v) is 6.59. The van der Waals surface area contributed by atoms with E-state index in [1.165, 1.54) is 18.4 Å². The van der Waals surface area contributed by atoms with E-state index in [1.807, 2.05) is 23.9 Å². The van der Waals surface area contributed by atoms with Crippen molar-refractivity contribution < 1.29 is 8.42 Å². The van der Waals surface area contributed by atoms with Crippen LogP contribution in [0.25, 0.3) is 0 Å². The number of hydrogen-bond donors (Lipinski definition) is 0. The molecule has 0 bridgehead atoms. The first-order chi connectivity index (χ1) is 12.1. The molecule has 0 spiro atoms. The maximum absolute atomic E-state index is 13.3. The quantitative estimate of drug-likeness (QED) is 0.757. The molecule has 0 N–H and O–H groups in total. The van der Waals surface area contributed by atoms with Crippen molar-refractivity contribution in [1.29, 1.82) is 0 Å². The number of aryl methyl sites for hydroxylation is 1. The van der Waals surface area contributed by atoms with Gasteiger partial charge >= 0.3 is 0 Å². The molecule has 2 aliphatic heterocycles. The molecule has 0 aliphatic carbocycles. The number of hydrogen-bond acceptors (Lipinski definition) is 4. The van der Waals surface area contributed by atoms with Crippen molar-refractivity contribution in [1.82, 2.24) is 9.21 Å². The van der Waals surface area contributed by atoms with Gasteiger partial charge in [0.25, 0.3) is 0 Å². The van der Waals surface area contributed by atoms with E-state index >= 15 is 0 Å². The van der Waals surface area contributed by atoms with Crippen LogP contribution in [0, 0.1) is 0 Å². The molecule has 2 saturated heterocycles. The lowest BCUT2D eigenvalue weighted by Crippen LogP contribution is -2.47. The predicted octanol–water partition coefficient (Wildman–Crippen LogP) is 3.23. The van der Waals surface area contributed by atoms with Gasteiger partial charge in [-0.25, -0.2) is 8.42 Å². The molecule has 4 nitrogen and oxygen atoms in total. The van der Waals surface area contributed by atoms with Crippen molar-refractivity contribution in [3.05, 3.63) is 29.8 Å². The summed E-state index contributed by atoms with van der Waals surface area (Å²) >= 11 is 1.90. The van der Waals surface area contributed by atoms with Crippen molar-refractivity contribution in [2.45, 2.75) is 50.0 Å². The second-order valence-corrected chi connectivity index (χ2v) is 10.1. The number of likely N-dealkylation sites (tertiary alicyclic amines) is 1. The Kier molecular flexibility index (Phi) is 6.83. The molecule has 1 atom stereocenters.